The number of carbonyl (C=O) groups is 1. The highest BCUT2D eigenvalue weighted by Gasteiger charge is 2.02. The maximum atomic E-state index is 10.4. The summed E-state index contributed by atoms with van der Waals surface area (Å²) in [7, 11) is 0. The van der Waals surface area contributed by atoms with E-state index >= 15 is 0 Å². The van der Waals surface area contributed by atoms with Gasteiger partial charge < -0.3 is 5.11 Å². The second-order valence-corrected chi connectivity index (χ2v) is 3.10. The van der Waals surface area contributed by atoms with Crippen molar-refractivity contribution in [2.45, 2.75) is 6.42 Å². The highest BCUT2D eigenvalue weighted by atomic mass is 35.5. The quantitative estimate of drug-likeness (QED) is 0.807. The SMILES string of the molecule is C=Cc1cc(Cl)cc(CC(=O)O)c1. The number of aliphatic carboxylic acids is 1. The molecule has 2 nitrogen and oxygen atoms in total. The van der Waals surface area contributed by atoms with E-state index in [0.717, 1.165) is 5.56 Å². The smallest absolute Gasteiger partial charge is 0.307 e. The molecule has 0 atom stereocenters. The number of carboxylic acids is 1. The van der Waals surface area contributed by atoms with Crippen LogP contribution in [-0.2, 0) is 11.2 Å². The Labute approximate surface area is 81.5 Å². The highest BCUT2D eigenvalue weighted by Crippen LogP contribution is 2.16. The van der Waals surface area contributed by atoms with Crippen molar-refractivity contribution >= 4 is 23.6 Å². The van der Waals surface area contributed by atoms with E-state index in [4.69, 9.17) is 16.7 Å². The number of benzene rings is 1. The van der Waals surface area contributed by atoms with Crippen molar-refractivity contribution in [1.82, 2.24) is 0 Å². The normalized spacial score (nSPS) is 9.62. The Morgan fingerprint density at radius 1 is 1.54 bits per heavy atom. The fourth-order valence-corrected chi connectivity index (χ4v) is 1.34. The monoisotopic (exact) mass is 196 g/mol. The lowest BCUT2D eigenvalue weighted by Gasteiger charge is -2.00. The van der Waals surface area contributed by atoms with Gasteiger partial charge in [-0.25, -0.2) is 0 Å². The third kappa shape index (κ3) is 2.92. The second kappa shape index (κ2) is 4.10. The first-order valence-electron chi connectivity index (χ1n) is 3.75. The van der Waals surface area contributed by atoms with Gasteiger partial charge >= 0.3 is 5.97 Å². The number of hydrogen-bond donors (Lipinski definition) is 1. The first-order chi connectivity index (χ1) is 6.11. The molecule has 0 unspecified atom stereocenters. The zero-order chi connectivity index (χ0) is 9.84. The predicted octanol–water partition coefficient (Wildman–Crippen LogP) is 2.61. The molecule has 0 bridgehead atoms. The Morgan fingerprint density at radius 2 is 2.23 bits per heavy atom. The molecule has 3 heteroatoms. The van der Waals surface area contributed by atoms with E-state index in [2.05, 4.69) is 6.58 Å². The molecule has 1 N–H and O–H groups in total. The standard InChI is InChI=1S/C10H9ClO2/c1-2-7-3-8(6-10(12)13)5-9(11)4-7/h2-5H,1,6H2,(H,12,13). The summed E-state index contributed by atoms with van der Waals surface area (Å²) in [6.45, 7) is 3.59. The third-order valence-corrected chi connectivity index (χ3v) is 1.79. The van der Waals surface area contributed by atoms with Crippen molar-refractivity contribution in [3.8, 4) is 0 Å². The number of rotatable bonds is 3. The zero-order valence-electron chi connectivity index (χ0n) is 6.96. The fraction of sp³-hybridized carbons (Fsp3) is 0.100. The van der Waals surface area contributed by atoms with Gasteiger partial charge in [-0.2, -0.15) is 0 Å². The Morgan fingerprint density at radius 3 is 2.77 bits per heavy atom. The molecule has 0 aliphatic rings. The van der Waals surface area contributed by atoms with Crippen LogP contribution in [0.3, 0.4) is 0 Å². The summed E-state index contributed by atoms with van der Waals surface area (Å²) >= 11 is 5.77. The van der Waals surface area contributed by atoms with Gasteiger partial charge in [-0.1, -0.05) is 30.3 Å². The largest absolute Gasteiger partial charge is 0.481 e. The summed E-state index contributed by atoms with van der Waals surface area (Å²) in [6, 6.07) is 5.13. The van der Waals surface area contributed by atoms with Crippen molar-refractivity contribution in [1.29, 1.82) is 0 Å². The van der Waals surface area contributed by atoms with Gasteiger partial charge in [0.25, 0.3) is 0 Å². The molecule has 1 rings (SSSR count). The minimum atomic E-state index is -0.864. The van der Waals surface area contributed by atoms with Crippen LogP contribution >= 0.6 is 11.6 Å². The van der Waals surface area contributed by atoms with Crippen LogP contribution < -0.4 is 0 Å². The van der Waals surface area contributed by atoms with Gasteiger partial charge in [-0.15, -0.1) is 0 Å². The lowest BCUT2D eigenvalue weighted by molar-refractivity contribution is -0.136. The summed E-state index contributed by atoms with van der Waals surface area (Å²) in [5.74, 6) is -0.864. The second-order valence-electron chi connectivity index (χ2n) is 2.67. The maximum Gasteiger partial charge on any atom is 0.307 e. The topological polar surface area (TPSA) is 37.3 Å². The van der Waals surface area contributed by atoms with Gasteiger partial charge in [0, 0.05) is 5.02 Å². The van der Waals surface area contributed by atoms with E-state index < -0.39 is 5.97 Å². The van der Waals surface area contributed by atoms with Crippen LogP contribution in [0.1, 0.15) is 11.1 Å². The highest BCUT2D eigenvalue weighted by molar-refractivity contribution is 6.30. The first-order valence-corrected chi connectivity index (χ1v) is 4.13. The predicted molar refractivity (Wildman–Crippen MR) is 52.9 cm³/mol. The Hall–Kier alpha value is -1.28. The molecule has 0 amide bonds. The van der Waals surface area contributed by atoms with Crippen LogP contribution in [-0.4, -0.2) is 11.1 Å². The molecule has 0 aromatic heterocycles. The summed E-state index contributed by atoms with van der Waals surface area (Å²) < 4.78 is 0. The van der Waals surface area contributed by atoms with E-state index in [-0.39, 0.29) is 6.42 Å². The van der Waals surface area contributed by atoms with Gasteiger partial charge in [-0.3, -0.25) is 4.79 Å². The number of hydrogen-bond acceptors (Lipinski definition) is 1. The first kappa shape index (κ1) is 9.81. The van der Waals surface area contributed by atoms with Crippen molar-refractivity contribution in [2.24, 2.45) is 0 Å². The van der Waals surface area contributed by atoms with Gasteiger partial charge in [0.2, 0.25) is 0 Å². The van der Waals surface area contributed by atoms with Gasteiger partial charge in [0.05, 0.1) is 6.42 Å². The molecule has 0 aliphatic carbocycles. The maximum absolute atomic E-state index is 10.4. The lowest BCUT2D eigenvalue weighted by atomic mass is 10.1. The van der Waals surface area contributed by atoms with E-state index in [1.165, 1.54) is 0 Å². The Kier molecular flexibility index (Phi) is 3.09. The molecule has 1 aromatic rings. The van der Waals surface area contributed by atoms with Crippen molar-refractivity contribution in [2.75, 3.05) is 0 Å². The molecule has 13 heavy (non-hydrogen) atoms. The summed E-state index contributed by atoms with van der Waals surface area (Å²) in [5.41, 5.74) is 1.53. The third-order valence-electron chi connectivity index (χ3n) is 1.57. The fourth-order valence-electron chi connectivity index (χ4n) is 1.07. The van der Waals surface area contributed by atoms with E-state index in [1.54, 1.807) is 24.3 Å². The minimum Gasteiger partial charge on any atom is -0.481 e. The summed E-state index contributed by atoms with van der Waals surface area (Å²) in [4.78, 5) is 10.4. The lowest BCUT2D eigenvalue weighted by Crippen LogP contribution is -1.99. The van der Waals surface area contributed by atoms with Gasteiger partial charge in [-0.05, 0) is 23.3 Å². The van der Waals surface area contributed by atoms with Gasteiger partial charge in [0.1, 0.15) is 0 Å². The van der Waals surface area contributed by atoms with E-state index in [9.17, 15) is 4.79 Å². The molecule has 0 radical (unpaired) electrons. The minimum absolute atomic E-state index is 0.0125. The van der Waals surface area contributed by atoms with Crippen LogP contribution in [0.15, 0.2) is 24.8 Å². The molecule has 0 fully saturated rings. The van der Waals surface area contributed by atoms with Crippen molar-refractivity contribution in [3.63, 3.8) is 0 Å². The van der Waals surface area contributed by atoms with Crippen LogP contribution in [0.25, 0.3) is 6.08 Å². The Bertz CT molecular complexity index is 345. The molecule has 0 spiro atoms. The van der Waals surface area contributed by atoms with Gasteiger partial charge in [0.15, 0.2) is 0 Å². The zero-order valence-corrected chi connectivity index (χ0v) is 7.71. The van der Waals surface area contributed by atoms with E-state index in [0.29, 0.717) is 10.6 Å². The number of halogens is 1. The molecule has 0 heterocycles. The average molecular weight is 197 g/mol. The number of carboxylic acid groups (broad SMARTS) is 1. The molecule has 0 saturated carbocycles. The summed E-state index contributed by atoms with van der Waals surface area (Å²) in [6.07, 6.45) is 1.62. The summed E-state index contributed by atoms with van der Waals surface area (Å²) in [5, 5.41) is 9.09. The van der Waals surface area contributed by atoms with E-state index in [1.807, 2.05) is 0 Å². The molecule has 68 valence electrons. The molecule has 0 saturated heterocycles. The van der Waals surface area contributed by atoms with Crippen LogP contribution in [0.5, 0.6) is 0 Å². The van der Waals surface area contributed by atoms with Crippen LogP contribution in [0.2, 0.25) is 5.02 Å². The molecular formula is C10H9ClO2. The molecular weight excluding hydrogens is 188 g/mol. The van der Waals surface area contributed by atoms with Crippen LogP contribution in [0, 0.1) is 0 Å². The molecule has 1 aromatic carbocycles. The average Bonchev–Trinajstić information content (AvgIpc) is 2.01. The van der Waals surface area contributed by atoms with Crippen LogP contribution in [0.4, 0.5) is 0 Å². The van der Waals surface area contributed by atoms with Crippen molar-refractivity contribution in [3.05, 3.63) is 40.9 Å². The Balaban J connectivity index is 3.01. The molecule has 0 aliphatic heterocycles. The van der Waals surface area contributed by atoms with Crippen molar-refractivity contribution < 1.29 is 9.90 Å².